The maximum atomic E-state index is 12.2. The van der Waals surface area contributed by atoms with Crippen molar-refractivity contribution in [3.63, 3.8) is 0 Å². The summed E-state index contributed by atoms with van der Waals surface area (Å²) in [6.45, 7) is 9.01. The Morgan fingerprint density at radius 3 is 1.00 bits per heavy atom. The standard InChI is InChI=1S/C12H21O7P/c1-7(2)10(13)17-20(16,18-11(14)8(3)4)19-12(15)9(5)6/h7-9H,1-6H3. The molecule has 0 N–H and O–H groups in total. The Hall–Kier alpha value is -1.36. The quantitative estimate of drug-likeness (QED) is 0.696. The third-order valence-electron chi connectivity index (χ3n) is 2.02. The summed E-state index contributed by atoms with van der Waals surface area (Å²) in [6, 6.07) is 0. The van der Waals surface area contributed by atoms with Crippen LogP contribution in [0.1, 0.15) is 41.5 Å². The maximum absolute atomic E-state index is 12.2. The molecule has 0 atom stereocenters. The van der Waals surface area contributed by atoms with Gasteiger partial charge in [-0.1, -0.05) is 41.5 Å². The van der Waals surface area contributed by atoms with Gasteiger partial charge in [-0.2, -0.15) is 4.57 Å². The van der Waals surface area contributed by atoms with Crippen LogP contribution < -0.4 is 0 Å². The van der Waals surface area contributed by atoms with Crippen LogP contribution in [0, 0.1) is 17.8 Å². The highest BCUT2D eigenvalue weighted by Gasteiger charge is 2.41. The van der Waals surface area contributed by atoms with Crippen molar-refractivity contribution in [1.29, 1.82) is 0 Å². The zero-order valence-corrected chi connectivity index (χ0v) is 13.4. The highest BCUT2D eigenvalue weighted by molar-refractivity contribution is 7.50. The Morgan fingerprint density at radius 2 is 0.850 bits per heavy atom. The highest BCUT2D eigenvalue weighted by Crippen LogP contribution is 2.51. The van der Waals surface area contributed by atoms with E-state index in [2.05, 4.69) is 13.6 Å². The van der Waals surface area contributed by atoms with Crippen molar-refractivity contribution in [3.05, 3.63) is 0 Å². The van der Waals surface area contributed by atoms with E-state index in [1.54, 1.807) is 0 Å². The van der Waals surface area contributed by atoms with Gasteiger partial charge in [0.1, 0.15) is 0 Å². The molecular formula is C12H21O7P. The van der Waals surface area contributed by atoms with Crippen molar-refractivity contribution in [1.82, 2.24) is 0 Å². The first kappa shape index (κ1) is 18.6. The summed E-state index contributed by atoms with van der Waals surface area (Å²) in [5.74, 6) is -4.50. The molecule has 0 fully saturated rings. The summed E-state index contributed by atoms with van der Waals surface area (Å²) >= 11 is 0. The van der Waals surface area contributed by atoms with Gasteiger partial charge in [-0.05, 0) is 0 Å². The Bertz CT molecular complexity index is 364. The zero-order chi connectivity index (χ0) is 16.1. The summed E-state index contributed by atoms with van der Waals surface area (Å²) in [4.78, 5) is 34.5. The minimum absolute atomic E-state index is 0.612. The second-order valence-electron chi connectivity index (χ2n) is 5.14. The number of hydrogen-bond donors (Lipinski definition) is 0. The Kier molecular flexibility index (Phi) is 6.92. The van der Waals surface area contributed by atoms with Crippen LogP contribution in [0.25, 0.3) is 0 Å². The van der Waals surface area contributed by atoms with Crippen molar-refractivity contribution in [2.45, 2.75) is 41.5 Å². The number of rotatable bonds is 6. The fraction of sp³-hybridized carbons (Fsp3) is 0.750. The second-order valence-corrected chi connectivity index (χ2v) is 6.58. The first-order chi connectivity index (χ1) is 8.98. The van der Waals surface area contributed by atoms with Gasteiger partial charge >= 0.3 is 25.7 Å². The van der Waals surface area contributed by atoms with Gasteiger partial charge in [0, 0.05) is 0 Å². The van der Waals surface area contributed by atoms with Gasteiger partial charge < -0.3 is 13.6 Å². The lowest BCUT2D eigenvalue weighted by atomic mass is 10.2. The first-order valence-electron chi connectivity index (χ1n) is 6.29. The molecule has 0 unspecified atom stereocenters. The summed E-state index contributed by atoms with van der Waals surface area (Å²) < 4.78 is 25.9. The van der Waals surface area contributed by atoms with Crippen LogP contribution in [0.15, 0.2) is 0 Å². The maximum Gasteiger partial charge on any atom is 0.653 e. The largest absolute Gasteiger partial charge is 0.653 e. The molecule has 0 aromatic rings. The number of hydrogen-bond acceptors (Lipinski definition) is 7. The molecule has 0 saturated heterocycles. The van der Waals surface area contributed by atoms with Gasteiger partial charge in [-0.3, -0.25) is 14.4 Å². The van der Waals surface area contributed by atoms with Crippen LogP contribution in [-0.2, 0) is 32.5 Å². The lowest BCUT2D eigenvalue weighted by Crippen LogP contribution is -2.20. The van der Waals surface area contributed by atoms with E-state index >= 15 is 0 Å². The molecule has 0 aromatic carbocycles. The second kappa shape index (κ2) is 7.43. The van der Waals surface area contributed by atoms with Crippen LogP contribution in [0.5, 0.6) is 0 Å². The van der Waals surface area contributed by atoms with Crippen LogP contribution in [0.2, 0.25) is 0 Å². The van der Waals surface area contributed by atoms with Crippen LogP contribution in [-0.4, -0.2) is 17.9 Å². The number of phosphoric acid groups is 1. The molecule has 20 heavy (non-hydrogen) atoms. The third kappa shape index (κ3) is 6.19. The van der Waals surface area contributed by atoms with Crippen LogP contribution in [0.4, 0.5) is 0 Å². The molecule has 8 heteroatoms. The molecule has 116 valence electrons. The predicted octanol–water partition coefficient (Wildman–Crippen LogP) is 2.69. The molecule has 0 rings (SSSR count). The van der Waals surface area contributed by atoms with E-state index in [4.69, 9.17) is 0 Å². The fourth-order valence-corrected chi connectivity index (χ4v) is 2.11. The molecule has 0 saturated carbocycles. The van der Waals surface area contributed by atoms with Crippen molar-refractivity contribution in [2.75, 3.05) is 0 Å². The molecule has 0 aliphatic carbocycles. The van der Waals surface area contributed by atoms with Crippen molar-refractivity contribution in [3.8, 4) is 0 Å². The van der Waals surface area contributed by atoms with Gasteiger partial charge in [0.15, 0.2) is 0 Å². The van der Waals surface area contributed by atoms with Crippen LogP contribution in [0.3, 0.4) is 0 Å². The van der Waals surface area contributed by atoms with Gasteiger partial charge in [-0.25, -0.2) is 0 Å². The third-order valence-corrected chi connectivity index (χ3v) is 3.23. The number of carbonyl (C=O) groups excluding carboxylic acids is 3. The predicted molar refractivity (Wildman–Crippen MR) is 70.4 cm³/mol. The molecule has 0 aromatic heterocycles. The van der Waals surface area contributed by atoms with Gasteiger partial charge in [-0.15, -0.1) is 0 Å². The van der Waals surface area contributed by atoms with Gasteiger partial charge in [0.05, 0.1) is 17.8 Å². The first-order valence-corrected chi connectivity index (χ1v) is 7.75. The topological polar surface area (TPSA) is 96.0 Å². The van der Waals surface area contributed by atoms with E-state index in [1.807, 2.05) is 0 Å². The molecule has 0 aliphatic rings. The summed E-state index contributed by atoms with van der Waals surface area (Å²) in [5, 5.41) is 0. The van der Waals surface area contributed by atoms with E-state index in [-0.39, 0.29) is 0 Å². The number of phosphoric ester groups is 1. The normalized spacial score (nSPS) is 11.7. The van der Waals surface area contributed by atoms with Crippen LogP contribution >= 0.6 is 7.82 Å². The molecule has 0 bridgehead atoms. The smallest absolute Gasteiger partial charge is 0.352 e. The molecule has 0 amide bonds. The molecule has 0 heterocycles. The molecule has 0 spiro atoms. The van der Waals surface area contributed by atoms with E-state index in [0.29, 0.717) is 0 Å². The summed E-state index contributed by atoms with van der Waals surface area (Å²) in [6.07, 6.45) is 0. The molecular weight excluding hydrogens is 287 g/mol. The Labute approximate surface area is 118 Å². The van der Waals surface area contributed by atoms with E-state index in [9.17, 15) is 18.9 Å². The average molecular weight is 308 g/mol. The minimum Gasteiger partial charge on any atom is -0.352 e. The summed E-state index contributed by atoms with van der Waals surface area (Å²) in [5.41, 5.74) is 0. The van der Waals surface area contributed by atoms with Crippen molar-refractivity contribution < 1.29 is 32.5 Å². The fourth-order valence-electron chi connectivity index (χ4n) is 0.703. The van der Waals surface area contributed by atoms with Crippen molar-refractivity contribution >= 4 is 25.7 Å². The Balaban J connectivity index is 5.13. The SMILES string of the molecule is CC(C)C(=O)OP(=O)(OC(=O)C(C)C)OC(=O)C(C)C. The van der Waals surface area contributed by atoms with E-state index < -0.39 is 43.5 Å². The van der Waals surface area contributed by atoms with E-state index in [1.165, 1.54) is 41.5 Å². The monoisotopic (exact) mass is 308 g/mol. The molecule has 0 aliphatic heterocycles. The minimum atomic E-state index is -4.60. The van der Waals surface area contributed by atoms with Crippen molar-refractivity contribution in [2.24, 2.45) is 17.8 Å². The average Bonchev–Trinajstić information content (AvgIpc) is 2.27. The number of carbonyl (C=O) groups is 3. The Morgan fingerprint density at radius 1 is 0.650 bits per heavy atom. The highest BCUT2D eigenvalue weighted by atomic mass is 31.2. The van der Waals surface area contributed by atoms with E-state index in [0.717, 1.165) is 0 Å². The molecule has 7 nitrogen and oxygen atoms in total. The summed E-state index contributed by atoms with van der Waals surface area (Å²) in [7, 11) is -4.60. The van der Waals surface area contributed by atoms with Gasteiger partial charge in [0.2, 0.25) is 0 Å². The zero-order valence-electron chi connectivity index (χ0n) is 12.5. The lowest BCUT2D eigenvalue weighted by molar-refractivity contribution is -0.148. The molecule has 0 radical (unpaired) electrons. The lowest BCUT2D eigenvalue weighted by Gasteiger charge is -2.19. The van der Waals surface area contributed by atoms with Gasteiger partial charge in [0.25, 0.3) is 0 Å².